The third-order valence-corrected chi connectivity index (χ3v) is 2.87. The van der Waals surface area contributed by atoms with Crippen LogP contribution in [0.1, 0.15) is 6.92 Å². The number of fused-ring (bicyclic) bond motifs is 2. The lowest BCUT2D eigenvalue weighted by Gasteiger charge is -1.99. The van der Waals surface area contributed by atoms with Gasteiger partial charge in [-0.3, -0.25) is 9.59 Å². The Morgan fingerprint density at radius 2 is 1.43 bits per heavy atom. The van der Waals surface area contributed by atoms with Gasteiger partial charge in [-0.05, 0) is 31.2 Å². The molecule has 0 aliphatic rings. The van der Waals surface area contributed by atoms with Crippen LogP contribution in [0, 0.1) is 0 Å². The Morgan fingerprint density at radius 3 is 1.81 bits per heavy atom. The molecule has 5 nitrogen and oxygen atoms in total. The summed E-state index contributed by atoms with van der Waals surface area (Å²) in [6, 6.07) is 13.9. The lowest BCUT2D eigenvalue weighted by atomic mass is 10.1. The van der Waals surface area contributed by atoms with Crippen molar-refractivity contribution in [3.63, 3.8) is 0 Å². The van der Waals surface area contributed by atoms with Gasteiger partial charge in [0.25, 0.3) is 0 Å². The van der Waals surface area contributed by atoms with Gasteiger partial charge in [-0.2, -0.15) is 0 Å². The van der Waals surface area contributed by atoms with E-state index in [0.717, 1.165) is 0 Å². The minimum absolute atomic E-state index is 0.0347. The highest BCUT2D eigenvalue weighted by atomic mass is 16.4. The number of hydrogen-bond acceptors (Lipinski definition) is 4. The van der Waals surface area contributed by atoms with Crippen molar-refractivity contribution in [1.82, 2.24) is 0 Å². The molecule has 0 aliphatic heterocycles. The first-order valence-electron chi connectivity index (χ1n) is 6.39. The van der Waals surface area contributed by atoms with Gasteiger partial charge >= 0.3 is 5.97 Å². The van der Waals surface area contributed by atoms with E-state index in [2.05, 4.69) is 0 Å². The summed E-state index contributed by atoms with van der Waals surface area (Å²) < 4.78 is 5.63. The maximum atomic E-state index is 12.0. The van der Waals surface area contributed by atoms with Gasteiger partial charge in [0, 0.05) is 0 Å². The first kappa shape index (κ1) is 14.7. The number of benzene rings is 2. The molecule has 0 saturated carbocycles. The normalized spacial score (nSPS) is 11.7. The molecule has 0 fully saturated rings. The van der Waals surface area contributed by atoms with Crippen LogP contribution in [-0.4, -0.2) is 17.1 Å². The third kappa shape index (κ3) is 3.27. The lowest BCUT2D eigenvalue weighted by Crippen LogP contribution is -2.25. The van der Waals surface area contributed by atoms with E-state index in [9.17, 15) is 9.59 Å². The van der Waals surface area contributed by atoms with Gasteiger partial charge in [-0.1, -0.05) is 24.3 Å². The minimum atomic E-state index is -0.963. The van der Waals surface area contributed by atoms with E-state index < -0.39 is 12.0 Å². The van der Waals surface area contributed by atoms with Gasteiger partial charge in [0.15, 0.2) is 0 Å². The van der Waals surface area contributed by atoms with Crippen molar-refractivity contribution in [1.29, 1.82) is 0 Å². The number of carboxylic acid groups (broad SMARTS) is 1. The molecule has 5 heteroatoms. The molecule has 1 aromatic heterocycles. The standard InChI is InChI=1S/C13H8O2.C3H7NO2/c14-13-9-5-1-3-7-11(9)15-12-8-4-2-6-10(12)13;1-2(4)3(5)6/h1-8H;2H,4H2,1H3,(H,5,6). The van der Waals surface area contributed by atoms with Gasteiger partial charge in [0.1, 0.15) is 17.2 Å². The van der Waals surface area contributed by atoms with Gasteiger partial charge < -0.3 is 15.3 Å². The van der Waals surface area contributed by atoms with Crippen LogP contribution >= 0.6 is 0 Å². The Morgan fingerprint density at radius 1 is 1.05 bits per heavy atom. The summed E-state index contributed by atoms with van der Waals surface area (Å²) >= 11 is 0. The molecule has 1 heterocycles. The summed E-state index contributed by atoms with van der Waals surface area (Å²) in [5.74, 6) is -0.963. The zero-order valence-electron chi connectivity index (χ0n) is 11.4. The highest BCUT2D eigenvalue weighted by Gasteiger charge is 2.05. The minimum Gasteiger partial charge on any atom is -0.480 e. The van der Waals surface area contributed by atoms with E-state index in [1.165, 1.54) is 6.92 Å². The molecular formula is C16H15NO4. The monoisotopic (exact) mass is 285 g/mol. The maximum absolute atomic E-state index is 12.0. The molecule has 21 heavy (non-hydrogen) atoms. The number of aliphatic carboxylic acids is 1. The summed E-state index contributed by atoms with van der Waals surface area (Å²) in [5, 5.41) is 9.14. The fourth-order valence-corrected chi connectivity index (χ4v) is 1.75. The highest BCUT2D eigenvalue weighted by Crippen LogP contribution is 2.17. The number of nitrogens with two attached hydrogens (primary N) is 1. The Balaban J connectivity index is 0.000000232. The van der Waals surface area contributed by atoms with Crippen molar-refractivity contribution in [2.75, 3.05) is 0 Å². The number of carbonyl (C=O) groups is 1. The molecule has 2 aromatic carbocycles. The van der Waals surface area contributed by atoms with Crippen molar-refractivity contribution in [3.05, 3.63) is 58.8 Å². The van der Waals surface area contributed by atoms with Crippen LogP contribution < -0.4 is 11.2 Å². The SMILES string of the molecule is CC(N)C(=O)O.O=c1c2ccccc2oc2ccccc12. The smallest absolute Gasteiger partial charge is 0.320 e. The van der Waals surface area contributed by atoms with E-state index in [-0.39, 0.29) is 5.43 Å². The molecule has 0 radical (unpaired) electrons. The number of hydrogen-bond donors (Lipinski definition) is 2. The van der Waals surface area contributed by atoms with Crippen molar-refractivity contribution < 1.29 is 14.3 Å². The van der Waals surface area contributed by atoms with Crippen LogP contribution in [0.4, 0.5) is 0 Å². The van der Waals surface area contributed by atoms with Crippen molar-refractivity contribution in [2.24, 2.45) is 5.73 Å². The Bertz CT molecular complexity index is 779. The lowest BCUT2D eigenvalue weighted by molar-refractivity contribution is -0.138. The van der Waals surface area contributed by atoms with E-state index in [1.807, 2.05) is 36.4 Å². The first-order chi connectivity index (χ1) is 10.0. The largest absolute Gasteiger partial charge is 0.480 e. The van der Waals surface area contributed by atoms with Crippen LogP contribution in [0.5, 0.6) is 0 Å². The fraction of sp³-hybridized carbons (Fsp3) is 0.125. The van der Waals surface area contributed by atoms with Crippen molar-refractivity contribution in [2.45, 2.75) is 13.0 Å². The number of rotatable bonds is 1. The Hall–Kier alpha value is -2.66. The van der Waals surface area contributed by atoms with Crippen molar-refractivity contribution >= 4 is 27.9 Å². The summed E-state index contributed by atoms with van der Waals surface area (Å²) in [6.45, 7) is 1.42. The van der Waals surface area contributed by atoms with Gasteiger partial charge in [0.05, 0.1) is 10.8 Å². The van der Waals surface area contributed by atoms with Gasteiger partial charge in [0.2, 0.25) is 5.43 Å². The second-order valence-electron chi connectivity index (χ2n) is 4.55. The average molecular weight is 285 g/mol. The van der Waals surface area contributed by atoms with E-state index in [0.29, 0.717) is 21.9 Å². The van der Waals surface area contributed by atoms with Crippen LogP contribution in [0.2, 0.25) is 0 Å². The molecule has 0 aliphatic carbocycles. The third-order valence-electron chi connectivity index (χ3n) is 2.87. The zero-order valence-corrected chi connectivity index (χ0v) is 11.4. The Labute approximate surface area is 120 Å². The van der Waals surface area contributed by atoms with Crippen LogP contribution in [0.25, 0.3) is 21.9 Å². The molecule has 0 amide bonds. The Kier molecular flexibility index (Phi) is 4.35. The molecule has 3 rings (SSSR count). The first-order valence-corrected chi connectivity index (χ1v) is 6.39. The topological polar surface area (TPSA) is 93.5 Å². The van der Waals surface area contributed by atoms with Gasteiger partial charge in [-0.15, -0.1) is 0 Å². The predicted molar refractivity (Wildman–Crippen MR) is 81.3 cm³/mol. The second-order valence-corrected chi connectivity index (χ2v) is 4.55. The predicted octanol–water partition coefficient (Wildman–Crippen LogP) is 2.36. The quantitative estimate of drug-likeness (QED) is 0.669. The molecule has 3 N–H and O–H groups in total. The van der Waals surface area contributed by atoms with E-state index >= 15 is 0 Å². The number of para-hydroxylation sites is 2. The van der Waals surface area contributed by atoms with Crippen LogP contribution in [0.3, 0.4) is 0 Å². The molecule has 108 valence electrons. The summed E-state index contributed by atoms with van der Waals surface area (Å²) in [4.78, 5) is 21.6. The number of carboxylic acids is 1. The molecule has 1 atom stereocenters. The molecule has 0 spiro atoms. The van der Waals surface area contributed by atoms with Crippen LogP contribution in [0.15, 0.2) is 57.7 Å². The summed E-state index contributed by atoms with van der Waals surface area (Å²) in [5.41, 5.74) is 6.15. The molecule has 1 unspecified atom stereocenters. The maximum Gasteiger partial charge on any atom is 0.320 e. The van der Waals surface area contributed by atoms with E-state index in [4.69, 9.17) is 15.3 Å². The average Bonchev–Trinajstić information content (AvgIpc) is 2.48. The molecule has 0 bridgehead atoms. The van der Waals surface area contributed by atoms with E-state index in [1.54, 1.807) is 12.1 Å². The van der Waals surface area contributed by atoms with Gasteiger partial charge in [-0.25, -0.2) is 0 Å². The summed E-state index contributed by atoms with van der Waals surface area (Å²) in [6.07, 6.45) is 0. The zero-order chi connectivity index (χ0) is 15.4. The van der Waals surface area contributed by atoms with Crippen molar-refractivity contribution in [3.8, 4) is 0 Å². The fourth-order valence-electron chi connectivity index (χ4n) is 1.75. The molecule has 0 saturated heterocycles. The van der Waals surface area contributed by atoms with Crippen LogP contribution in [-0.2, 0) is 4.79 Å². The second kappa shape index (κ2) is 6.19. The molecule has 3 aromatic rings. The molecular weight excluding hydrogens is 270 g/mol. The highest BCUT2D eigenvalue weighted by molar-refractivity contribution is 5.89. The summed E-state index contributed by atoms with van der Waals surface area (Å²) in [7, 11) is 0.